The molecule has 0 bridgehead atoms. The van der Waals surface area contributed by atoms with E-state index in [1.54, 1.807) is 32.4 Å². The predicted molar refractivity (Wildman–Crippen MR) is 116 cm³/mol. The van der Waals surface area contributed by atoms with E-state index < -0.39 is 0 Å². The number of rotatable bonds is 5. The number of nitrogens with zero attached hydrogens (tertiary/aromatic N) is 2. The number of methoxy groups -OCH3 is 2. The van der Waals surface area contributed by atoms with Crippen LogP contribution in [0, 0.1) is 0 Å². The Balaban J connectivity index is 1.82. The lowest BCUT2D eigenvalue weighted by Crippen LogP contribution is -2.32. The fraction of sp³-hybridized carbons (Fsp3) is 0.0833. The Morgan fingerprint density at radius 1 is 0.900 bits per heavy atom. The van der Waals surface area contributed by atoms with Crippen LogP contribution < -0.4 is 14.4 Å². The molecule has 0 saturated carbocycles. The van der Waals surface area contributed by atoms with Gasteiger partial charge in [-0.3, -0.25) is 9.69 Å². The Labute approximate surface area is 174 Å². The van der Waals surface area contributed by atoms with E-state index in [1.807, 2.05) is 48.5 Å². The summed E-state index contributed by atoms with van der Waals surface area (Å²) in [5, 5.41) is 9.64. The number of anilines is 1. The molecule has 0 unspecified atom stereocenters. The number of benzene rings is 3. The Bertz CT molecular complexity index is 1130. The molecule has 1 heterocycles. The maximum absolute atomic E-state index is 13.3. The number of aliphatic imine (C=N–C) groups is 1. The van der Waals surface area contributed by atoms with E-state index in [2.05, 4.69) is 4.99 Å². The van der Waals surface area contributed by atoms with E-state index in [0.29, 0.717) is 28.5 Å². The third-order valence-corrected chi connectivity index (χ3v) is 4.74. The third-order valence-electron chi connectivity index (χ3n) is 4.74. The molecule has 1 amide bonds. The topological polar surface area (TPSA) is 71.4 Å². The zero-order valence-electron chi connectivity index (χ0n) is 16.6. The van der Waals surface area contributed by atoms with Gasteiger partial charge in [0, 0.05) is 0 Å². The number of para-hydroxylation sites is 1. The van der Waals surface area contributed by atoms with Crippen molar-refractivity contribution in [1.29, 1.82) is 0 Å². The molecule has 1 aliphatic heterocycles. The van der Waals surface area contributed by atoms with Crippen molar-refractivity contribution in [1.82, 2.24) is 0 Å². The fourth-order valence-electron chi connectivity index (χ4n) is 3.23. The summed E-state index contributed by atoms with van der Waals surface area (Å²) in [5.74, 6) is 1.66. The average Bonchev–Trinajstić information content (AvgIpc) is 3.10. The molecular weight excluding hydrogens is 380 g/mol. The number of carbonyl (C=O) groups is 1. The van der Waals surface area contributed by atoms with Gasteiger partial charge in [-0.05, 0) is 60.2 Å². The molecule has 4 rings (SSSR count). The first-order valence-corrected chi connectivity index (χ1v) is 9.32. The zero-order chi connectivity index (χ0) is 21.1. The van der Waals surface area contributed by atoms with Gasteiger partial charge in [0.15, 0.2) is 5.84 Å². The normalized spacial score (nSPS) is 14.7. The molecule has 0 spiro atoms. The molecule has 30 heavy (non-hydrogen) atoms. The van der Waals surface area contributed by atoms with Gasteiger partial charge in [-0.2, -0.15) is 0 Å². The summed E-state index contributed by atoms with van der Waals surface area (Å²) in [4.78, 5) is 19.5. The third kappa shape index (κ3) is 3.63. The fourth-order valence-corrected chi connectivity index (χ4v) is 3.23. The van der Waals surface area contributed by atoms with E-state index in [4.69, 9.17) is 9.47 Å². The molecule has 0 radical (unpaired) electrons. The number of carbonyl (C=O) groups excluding carboxylic acids is 1. The first kappa shape index (κ1) is 19.3. The number of hydrogen-bond donors (Lipinski definition) is 1. The molecule has 1 N–H and O–H groups in total. The molecule has 3 aromatic carbocycles. The maximum Gasteiger partial charge on any atom is 0.282 e. The van der Waals surface area contributed by atoms with Crippen molar-refractivity contribution in [3.63, 3.8) is 0 Å². The molecule has 6 heteroatoms. The van der Waals surface area contributed by atoms with Gasteiger partial charge < -0.3 is 14.6 Å². The van der Waals surface area contributed by atoms with E-state index in [1.165, 1.54) is 17.0 Å². The minimum atomic E-state index is -0.266. The smallest absolute Gasteiger partial charge is 0.282 e. The van der Waals surface area contributed by atoms with Crippen molar-refractivity contribution in [2.75, 3.05) is 19.1 Å². The molecule has 0 atom stereocenters. The van der Waals surface area contributed by atoms with Crippen molar-refractivity contribution in [3.05, 3.63) is 89.6 Å². The molecule has 0 aliphatic carbocycles. The Hall–Kier alpha value is -4.06. The van der Waals surface area contributed by atoms with Crippen LogP contribution in [0.5, 0.6) is 17.2 Å². The summed E-state index contributed by atoms with van der Waals surface area (Å²) in [5.41, 5.74) is 2.42. The standard InChI is InChI=1S/C24H20N2O4/c1-29-19-13-7-16(8-14-19)15-21-24(28)26(17-9-11-18(27)12-10-17)23(25-21)20-5-3-4-6-22(20)30-2/h3-15,27H,1-2H3/b21-15+. The van der Waals surface area contributed by atoms with E-state index >= 15 is 0 Å². The minimum Gasteiger partial charge on any atom is -0.508 e. The quantitative estimate of drug-likeness (QED) is 0.650. The molecule has 6 nitrogen and oxygen atoms in total. The van der Waals surface area contributed by atoms with Crippen LogP contribution >= 0.6 is 0 Å². The van der Waals surface area contributed by atoms with Crippen molar-refractivity contribution in [2.45, 2.75) is 0 Å². The molecule has 3 aromatic rings. The van der Waals surface area contributed by atoms with Crippen LogP contribution in [0.25, 0.3) is 6.08 Å². The second kappa shape index (κ2) is 8.13. The molecule has 0 fully saturated rings. The number of phenolic OH excluding ortho intramolecular Hbond substituents is 1. The van der Waals surface area contributed by atoms with Crippen LogP contribution in [0.2, 0.25) is 0 Å². The SMILES string of the molecule is COc1ccc(/C=C2/N=C(c3ccccc3OC)N(c3ccc(O)cc3)C2=O)cc1. The van der Waals surface area contributed by atoms with Crippen molar-refractivity contribution in [2.24, 2.45) is 4.99 Å². The van der Waals surface area contributed by atoms with Gasteiger partial charge in [0.2, 0.25) is 0 Å². The van der Waals surface area contributed by atoms with Crippen LogP contribution in [0.3, 0.4) is 0 Å². The number of amidine groups is 1. The van der Waals surface area contributed by atoms with Gasteiger partial charge in [-0.1, -0.05) is 24.3 Å². The number of amides is 1. The Morgan fingerprint density at radius 3 is 2.27 bits per heavy atom. The first-order chi connectivity index (χ1) is 14.6. The van der Waals surface area contributed by atoms with Crippen LogP contribution in [0.1, 0.15) is 11.1 Å². The van der Waals surface area contributed by atoms with Crippen LogP contribution in [-0.4, -0.2) is 31.1 Å². The molecule has 1 aliphatic rings. The van der Waals surface area contributed by atoms with Crippen molar-refractivity contribution in [3.8, 4) is 17.2 Å². The lowest BCUT2D eigenvalue weighted by atomic mass is 10.1. The van der Waals surface area contributed by atoms with Gasteiger partial charge in [0.1, 0.15) is 22.9 Å². The zero-order valence-corrected chi connectivity index (χ0v) is 16.6. The summed E-state index contributed by atoms with van der Waals surface area (Å²) < 4.78 is 10.7. The highest BCUT2D eigenvalue weighted by Gasteiger charge is 2.33. The van der Waals surface area contributed by atoms with Gasteiger partial charge in [-0.15, -0.1) is 0 Å². The maximum atomic E-state index is 13.3. The number of ether oxygens (including phenoxy) is 2. The Kier molecular flexibility index (Phi) is 5.22. The average molecular weight is 400 g/mol. The second-order valence-corrected chi connectivity index (χ2v) is 6.60. The van der Waals surface area contributed by atoms with Crippen LogP contribution in [0.15, 0.2) is 83.5 Å². The molecule has 0 saturated heterocycles. The highest BCUT2D eigenvalue weighted by molar-refractivity contribution is 6.33. The highest BCUT2D eigenvalue weighted by atomic mass is 16.5. The molecule has 0 aromatic heterocycles. The molecular formula is C24H20N2O4. The van der Waals surface area contributed by atoms with Crippen molar-refractivity contribution < 1.29 is 19.4 Å². The van der Waals surface area contributed by atoms with Crippen LogP contribution in [-0.2, 0) is 4.79 Å². The number of aromatic hydroxyl groups is 1. The predicted octanol–water partition coefficient (Wildman–Crippen LogP) is 4.24. The summed E-state index contributed by atoms with van der Waals surface area (Å²) in [6.07, 6.45) is 1.73. The minimum absolute atomic E-state index is 0.121. The first-order valence-electron chi connectivity index (χ1n) is 9.32. The number of hydrogen-bond acceptors (Lipinski definition) is 5. The summed E-state index contributed by atoms with van der Waals surface area (Å²) in [6.45, 7) is 0. The van der Waals surface area contributed by atoms with Gasteiger partial charge in [0.05, 0.1) is 25.5 Å². The summed E-state index contributed by atoms with van der Waals surface area (Å²) in [6, 6.07) is 21.2. The van der Waals surface area contributed by atoms with Gasteiger partial charge in [0.25, 0.3) is 5.91 Å². The summed E-state index contributed by atoms with van der Waals surface area (Å²) >= 11 is 0. The van der Waals surface area contributed by atoms with E-state index in [-0.39, 0.29) is 11.7 Å². The second-order valence-electron chi connectivity index (χ2n) is 6.60. The van der Waals surface area contributed by atoms with Gasteiger partial charge >= 0.3 is 0 Å². The Morgan fingerprint density at radius 2 is 1.60 bits per heavy atom. The lowest BCUT2D eigenvalue weighted by Gasteiger charge is -2.19. The van der Waals surface area contributed by atoms with E-state index in [0.717, 1.165) is 11.3 Å². The van der Waals surface area contributed by atoms with E-state index in [9.17, 15) is 9.90 Å². The lowest BCUT2D eigenvalue weighted by molar-refractivity contribution is -0.113. The van der Waals surface area contributed by atoms with Crippen LogP contribution in [0.4, 0.5) is 5.69 Å². The largest absolute Gasteiger partial charge is 0.508 e. The molecule has 150 valence electrons. The number of phenols is 1. The van der Waals surface area contributed by atoms with Crippen molar-refractivity contribution >= 4 is 23.5 Å². The van der Waals surface area contributed by atoms with Gasteiger partial charge in [-0.25, -0.2) is 4.99 Å². The monoisotopic (exact) mass is 400 g/mol. The summed E-state index contributed by atoms with van der Waals surface area (Å²) in [7, 11) is 3.18. The highest BCUT2D eigenvalue weighted by Crippen LogP contribution is 2.32.